The Bertz CT molecular complexity index is 420. The molecule has 4 nitrogen and oxygen atoms in total. The molecule has 1 aliphatic heterocycles. The maximum Gasteiger partial charge on any atom is 0.0931 e. The molecule has 1 fully saturated rings. The van der Waals surface area contributed by atoms with E-state index in [9.17, 15) is 10.2 Å². The van der Waals surface area contributed by atoms with Gasteiger partial charge >= 0.3 is 0 Å². The highest BCUT2D eigenvalue weighted by atomic mass is 35.5. The van der Waals surface area contributed by atoms with E-state index in [-0.39, 0.29) is 6.10 Å². The maximum atomic E-state index is 10.3. The van der Waals surface area contributed by atoms with Gasteiger partial charge in [-0.15, -0.1) is 0 Å². The molecule has 0 aliphatic carbocycles. The first kappa shape index (κ1) is 15.7. The van der Waals surface area contributed by atoms with Gasteiger partial charge in [0.1, 0.15) is 0 Å². The SMILES string of the molecule is C[C@H](O)CN1CCN(C[C@H](O)c2ccccc2Cl)CC1. The topological polar surface area (TPSA) is 46.9 Å². The number of piperazine rings is 1. The van der Waals surface area contributed by atoms with Gasteiger partial charge in [0.15, 0.2) is 0 Å². The molecule has 0 radical (unpaired) electrons. The predicted octanol–water partition coefficient (Wildman–Crippen LogP) is 1.37. The molecule has 1 heterocycles. The zero-order valence-corrected chi connectivity index (χ0v) is 12.6. The van der Waals surface area contributed by atoms with Gasteiger partial charge < -0.3 is 10.2 Å². The second-order valence-electron chi connectivity index (χ2n) is 5.49. The zero-order valence-electron chi connectivity index (χ0n) is 11.9. The van der Waals surface area contributed by atoms with Gasteiger partial charge in [0.2, 0.25) is 0 Å². The van der Waals surface area contributed by atoms with Crippen molar-refractivity contribution < 1.29 is 10.2 Å². The number of aliphatic hydroxyl groups is 2. The molecule has 1 aromatic carbocycles. The summed E-state index contributed by atoms with van der Waals surface area (Å²) in [6.07, 6.45) is -0.831. The van der Waals surface area contributed by atoms with Crippen molar-refractivity contribution >= 4 is 11.6 Å². The molecule has 1 saturated heterocycles. The number of hydrogen-bond acceptors (Lipinski definition) is 4. The number of hydrogen-bond donors (Lipinski definition) is 2. The van der Waals surface area contributed by atoms with Crippen LogP contribution in [0.15, 0.2) is 24.3 Å². The van der Waals surface area contributed by atoms with Crippen LogP contribution in [0.5, 0.6) is 0 Å². The summed E-state index contributed by atoms with van der Waals surface area (Å²) < 4.78 is 0. The molecule has 2 rings (SSSR count). The molecular weight excluding hydrogens is 276 g/mol. The maximum absolute atomic E-state index is 10.3. The van der Waals surface area contributed by atoms with Crippen LogP contribution in [-0.2, 0) is 0 Å². The van der Waals surface area contributed by atoms with Crippen LogP contribution in [0.3, 0.4) is 0 Å². The number of nitrogens with zero attached hydrogens (tertiary/aromatic N) is 2. The van der Waals surface area contributed by atoms with Gasteiger partial charge in [-0.3, -0.25) is 9.80 Å². The molecule has 1 aromatic rings. The molecule has 0 saturated carbocycles. The van der Waals surface area contributed by atoms with Crippen molar-refractivity contribution in [3.63, 3.8) is 0 Å². The van der Waals surface area contributed by atoms with E-state index in [1.165, 1.54) is 0 Å². The minimum atomic E-state index is -0.549. The van der Waals surface area contributed by atoms with Crippen molar-refractivity contribution in [2.45, 2.75) is 19.1 Å². The lowest BCUT2D eigenvalue weighted by Gasteiger charge is -2.36. The minimum absolute atomic E-state index is 0.282. The van der Waals surface area contributed by atoms with Crippen LogP contribution in [-0.4, -0.2) is 65.4 Å². The van der Waals surface area contributed by atoms with Gasteiger partial charge in [-0.25, -0.2) is 0 Å². The molecule has 20 heavy (non-hydrogen) atoms. The van der Waals surface area contributed by atoms with E-state index >= 15 is 0 Å². The van der Waals surface area contributed by atoms with Crippen LogP contribution in [0.1, 0.15) is 18.6 Å². The molecule has 2 N–H and O–H groups in total. The van der Waals surface area contributed by atoms with Crippen LogP contribution in [0.25, 0.3) is 0 Å². The fourth-order valence-electron chi connectivity index (χ4n) is 2.62. The summed E-state index contributed by atoms with van der Waals surface area (Å²) in [5.41, 5.74) is 0.792. The van der Waals surface area contributed by atoms with Gasteiger partial charge in [0.05, 0.1) is 12.2 Å². The first-order chi connectivity index (χ1) is 9.56. The Morgan fingerprint density at radius 2 is 1.60 bits per heavy atom. The van der Waals surface area contributed by atoms with Gasteiger partial charge in [-0.1, -0.05) is 29.8 Å². The summed E-state index contributed by atoms with van der Waals surface area (Å²) >= 11 is 6.10. The Labute approximate surface area is 125 Å². The lowest BCUT2D eigenvalue weighted by Crippen LogP contribution is -2.49. The van der Waals surface area contributed by atoms with Gasteiger partial charge in [-0.05, 0) is 13.0 Å². The van der Waals surface area contributed by atoms with E-state index in [1.807, 2.05) is 25.1 Å². The number of aliphatic hydroxyl groups excluding tert-OH is 2. The van der Waals surface area contributed by atoms with Gasteiger partial charge in [-0.2, -0.15) is 0 Å². The van der Waals surface area contributed by atoms with Crippen LogP contribution in [0.4, 0.5) is 0 Å². The zero-order chi connectivity index (χ0) is 14.5. The third-order valence-electron chi connectivity index (χ3n) is 3.68. The molecule has 0 unspecified atom stereocenters. The van der Waals surface area contributed by atoms with E-state index in [0.717, 1.165) is 38.3 Å². The molecule has 0 amide bonds. The standard InChI is InChI=1S/C15H23ClN2O2/c1-12(19)10-17-6-8-18(9-7-17)11-15(20)13-4-2-3-5-14(13)16/h2-5,12,15,19-20H,6-11H2,1H3/t12-,15-/m0/s1. The molecule has 0 aromatic heterocycles. The Balaban J connectivity index is 1.82. The van der Waals surface area contributed by atoms with Crippen molar-refractivity contribution in [2.75, 3.05) is 39.3 Å². The summed E-state index contributed by atoms with van der Waals surface area (Å²) in [5, 5.41) is 20.3. The summed E-state index contributed by atoms with van der Waals surface area (Å²) in [7, 11) is 0. The van der Waals surface area contributed by atoms with Crippen molar-refractivity contribution in [1.29, 1.82) is 0 Å². The molecule has 5 heteroatoms. The van der Waals surface area contributed by atoms with Crippen LogP contribution in [0.2, 0.25) is 5.02 Å². The minimum Gasteiger partial charge on any atom is -0.392 e. The first-order valence-electron chi connectivity index (χ1n) is 7.11. The van der Waals surface area contributed by atoms with E-state index in [0.29, 0.717) is 11.6 Å². The second kappa shape index (κ2) is 7.38. The van der Waals surface area contributed by atoms with E-state index in [2.05, 4.69) is 9.80 Å². The van der Waals surface area contributed by atoms with Gasteiger partial charge in [0, 0.05) is 49.9 Å². The average Bonchev–Trinajstić information content (AvgIpc) is 2.41. The highest BCUT2D eigenvalue weighted by molar-refractivity contribution is 6.31. The summed E-state index contributed by atoms with van der Waals surface area (Å²) in [6.45, 7) is 6.82. The third kappa shape index (κ3) is 4.43. The fraction of sp³-hybridized carbons (Fsp3) is 0.600. The Kier molecular flexibility index (Phi) is 5.81. The average molecular weight is 299 g/mol. The van der Waals surface area contributed by atoms with E-state index in [1.54, 1.807) is 6.07 Å². The van der Waals surface area contributed by atoms with Crippen molar-refractivity contribution in [2.24, 2.45) is 0 Å². The Hall–Kier alpha value is -0.650. The van der Waals surface area contributed by atoms with Crippen molar-refractivity contribution in [3.05, 3.63) is 34.9 Å². The lowest BCUT2D eigenvalue weighted by atomic mass is 10.1. The molecule has 0 spiro atoms. The van der Waals surface area contributed by atoms with Crippen molar-refractivity contribution in [1.82, 2.24) is 9.80 Å². The molecule has 1 aliphatic rings. The normalized spacial score (nSPS) is 20.8. The molecule has 0 bridgehead atoms. The fourth-order valence-corrected chi connectivity index (χ4v) is 2.88. The number of halogens is 1. The van der Waals surface area contributed by atoms with Gasteiger partial charge in [0.25, 0.3) is 0 Å². The van der Waals surface area contributed by atoms with Crippen molar-refractivity contribution in [3.8, 4) is 0 Å². The smallest absolute Gasteiger partial charge is 0.0931 e. The number of benzene rings is 1. The summed E-state index contributed by atoms with van der Waals surface area (Å²) in [6, 6.07) is 7.44. The summed E-state index contributed by atoms with van der Waals surface area (Å²) in [4.78, 5) is 4.50. The Morgan fingerprint density at radius 3 is 2.15 bits per heavy atom. The Morgan fingerprint density at radius 1 is 1.05 bits per heavy atom. The quantitative estimate of drug-likeness (QED) is 0.862. The largest absolute Gasteiger partial charge is 0.392 e. The second-order valence-corrected chi connectivity index (χ2v) is 5.89. The molecule has 2 atom stereocenters. The third-order valence-corrected chi connectivity index (χ3v) is 4.03. The highest BCUT2D eigenvalue weighted by Crippen LogP contribution is 2.23. The first-order valence-corrected chi connectivity index (χ1v) is 7.49. The number of β-amino-alcohol motifs (C(OH)–C–C–N with tert-alkyl or cyclic N) is 2. The molecular formula is C15H23ClN2O2. The summed E-state index contributed by atoms with van der Waals surface area (Å²) in [5.74, 6) is 0. The predicted molar refractivity (Wildman–Crippen MR) is 81.0 cm³/mol. The van der Waals surface area contributed by atoms with E-state index in [4.69, 9.17) is 11.6 Å². The monoisotopic (exact) mass is 298 g/mol. The highest BCUT2D eigenvalue weighted by Gasteiger charge is 2.21. The lowest BCUT2D eigenvalue weighted by molar-refractivity contribution is 0.0527. The number of rotatable bonds is 5. The van der Waals surface area contributed by atoms with E-state index < -0.39 is 6.10 Å². The van der Waals surface area contributed by atoms with Crippen LogP contribution in [0, 0.1) is 0 Å². The molecule has 112 valence electrons. The van der Waals surface area contributed by atoms with Crippen LogP contribution < -0.4 is 0 Å². The van der Waals surface area contributed by atoms with Crippen LogP contribution >= 0.6 is 11.6 Å².